The van der Waals surface area contributed by atoms with E-state index in [1.54, 1.807) is 49.4 Å². The molecule has 8 heteroatoms. The van der Waals surface area contributed by atoms with Gasteiger partial charge in [-0.2, -0.15) is 0 Å². The molecule has 4 rings (SSSR count). The van der Waals surface area contributed by atoms with Gasteiger partial charge in [0.1, 0.15) is 11.6 Å². The normalized spacial score (nSPS) is 17.8. The summed E-state index contributed by atoms with van der Waals surface area (Å²) >= 11 is 0. The van der Waals surface area contributed by atoms with Crippen LogP contribution in [0.15, 0.2) is 65.6 Å². The van der Waals surface area contributed by atoms with Gasteiger partial charge < -0.3 is 10.4 Å². The van der Waals surface area contributed by atoms with E-state index in [9.17, 15) is 23.1 Å². The van der Waals surface area contributed by atoms with Crippen molar-refractivity contribution in [3.05, 3.63) is 83.0 Å². The second kappa shape index (κ2) is 9.02. The number of sulfone groups is 1. The van der Waals surface area contributed by atoms with Crippen LogP contribution in [-0.4, -0.2) is 36.0 Å². The summed E-state index contributed by atoms with van der Waals surface area (Å²) in [6, 6.07) is 16.3. The molecule has 0 bridgehead atoms. The summed E-state index contributed by atoms with van der Waals surface area (Å²) in [5.74, 6) is 0.154. The highest BCUT2D eigenvalue weighted by molar-refractivity contribution is 7.91. The molecular weight excluding hydrogens is 452 g/mol. The second-order valence-corrected chi connectivity index (χ2v) is 11.0. The van der Waals surface area contributed by atoms with E-state index >= 15 is 0 Å². The highest BCUT2D eigenvalue weighted by atomic mass is 32.2. The van der Waals surface area contributed by atoms with Crippen molar-refractivity contribution in [3.63, 3.8) is 0 Å². The number of carbonyl (C=O) groups excluding carboxylic acids is 2. The molecule has 7 nitrogen and oxygen atoms in total. The van der Waals surface area contributed by atoms with E-state index in [2.05, 4.69) is 10.3 Å². The highest BCUT2D eigenvalue weighted by Gasteiger charge is 2.40. The Balaban J connectivity index is 1.47. The van der Waals surface area contributed by atoms with Gasteiger partial charge in [0.15, 0.2) is 15.6 Å². The van der Waals surface area contributed by atoms with Crippen LogP contribution in [0.1, 0.15) is 47.4 Å². The van der Waals surface area contributed by atoms with Crippen LogP contribution in [0.4, 0.5) is 5.82 Å². The van der Waals surface area contributed by atoms with E-state index < -0.39 is 15.3 Å². The van der Waals surface area contributed by atoms with Gasteiger partial charge in [0.2, 0.25) is 5.91 Å². The monoisotopic (exact) mass is 478 g/mol. The fourth-order valence-electron chi connectivity index (χ4n) is 4.23. The number of carbonyl (C=O) groups is 2. The van der Waals surface area contributed by atoms with Crippen LogP contribution in [0.25, 0.3) is 0 Å². The second-order valence-electron chi connectivity index (χ2n) is 8.67. The molecule has 176 valence electrons. The molecule has 0 fully saturated rings. The molecule has 2 aromatic carbocycles. The third-order valence-corrected chi connectivity index (χ3v) is 8.11. The average molecular weight is 479 g/mol. The summed E-state index contributed by atoms with van der Waals surface area (Å²) in [6.07, 6.45) is 1.17. The average Bonchev–Trinajstić information content (AvgIpc) is 2.82. The molecule has 1 aliphatic rings. The van der Waals surface area contributed by atoms with Crippen LogP contribution in [0.2, 0.25) is 0 Å². The van der Waals surface area contributed by atoms with Crippen molar-refractivity contribution in [2.24, 2.45) is 0 Å². The number of phenolic OH excluding ortho intramolecular Hbond substituents is 1. The SMILES string of the molecule is CCS(=O)(=O)c1ccc(CC(=O)Nc2ccc3c(n2)CCC(C)(c2cccc(O)c2)C3=O)cc1. The number of aromatic hydroxyl groups is 1. The van der Waals surface area contributed by atoms with E-state index in [1.807, 2.05) is 13.0 Å². The van der Waals surface area contributed by atoms with Crippen molar-refractivity contribution in [3.8, 4) is 5.75 Å². The Hall–Kier alpha value is -3.52. The number of aromatic nitrogens is 1. The minimum atomic E-state index is -3.28. The van der Waals surface area contributed by atoms with Crippen LogP contribution in [0.3, 0.4) is 0 Å². The van der Waals surface area contributed by atoms with Crippen LogP contribution in [0.5, 0.6) is 5.75 Å². The lowest BCUT2D eigenvalue weighted by Gasteiger charge is -2.33. The molecule has 0 saturated carbocycles. The van der Waals surface area contributed by atoms with Gasteiger partial charge in [-0.25, -0.2) is 13.4 Å². The molecule has 1 aliphatic carbocycles. The first-order chi connectivity index (χ1) is 16.1. The first kappa shape index (κ1) is 23.6. The highest BCUT2D eigenvalue weighted by Crippen LogP contribution is 2.39. The lowest BCUT2D eigenvalue weighted by molar-refractivity contribution is -0.115. The number of amides is 1. The molecule has 1 heterocycles. The van der Waals surface area contributed by atoms with Crippen molar-refractivity contribution in [2.45, 2.75) is 43.4 Å². The van der Waals surface area contributed by atoms with Gasteiger partial charge in [0, 0.05) is 5.56 Å². The Labute approximate surface area is 198 Å². The van der Waals surface area contributed by atoms with Crippen molar-refractivity contribution < 1.29 is 23.1 Å². The molecule has 1 aromatic heterocycles. The zero-order valence-electron chi connectivity index (χ0n) is 19.0. The molecule has 0 radical (unpaired) electrons. The minimum absolute atomic E-state index is 0.0201. The summed E-state index contributed by atoms with van der Waals surface area (Å²) in [4.78, 5) is 30.5. The molecule has 34 heavy (non-hydrogen) atoms. The maximum atomic E-state index is 13.3. The Morgan fingerprint density at radius 2 is 1.85 bits per heavy atom. The standard InChI is InChI=1S/C26H26N2O5S/c1-3-34(32,33)20-9-7-17(8-10-20)15-24(30)28-23-12-11-21-22(27-23)13-14-26(2,25(21)31)18-5-4-6-19(29)16-18/h4-12,16,29H,3,13-15H2,1-2H3,(H,27,28,30). The van der Waals surface area contributed by atoms with Crippen LogP contribution >= 0.6 is 0 Å². The first-order valence-electron chi connectivity index (χ1n) is 11.1. The molecule has 1 atom stereocenters. The van der Waals surface area contributed by atoms with Crippen LogP contribution in [0, 0.1) is 0 Å². The Morgan fingerprint density at radius 3 is 2.53 bits per heavy atom. The summed E-state index contributed by atoms with van der Waals surface area (Å²) in [7, 11) is -3.28. The molecule has 1 unspecified atom stereocenters. The zero-order chi connectivity index (χ0) is 24.5. The number of ketones is 1. The summed E-state index contributed by atoms with van der Waals surface area (Å²) in [6.45, 7) is 3.46. The number of phenols is 1. The number of fused-ring (bicyclic) bond motifs is 1. The van der Waals surface area contributed by atoms with Gasteiger partial charge in [0.05, 0.1) is 28.2 Å². The van der Waals surface area contributed by atoms with E-state index in [1.165, 1.54) is 12.1 Å². The topological polar surface area (TPSA) is 113 Å². The van der Waals surface area contributed by atoms with Crippen molar-refractivity contribution in [2.75, 3.05) is 11.1 Å². The number of benzene rings is 2. The maximum Gasteiger partial charge on any atom is 0.229 e. The Kier molecular flexibility index (Phi) is 6.27. The summed E-state index contributed by atoms with van der Waals surface area (Å²) in [5.41, 5.74) is 1.84. The minimum Gasteiger partial charge on any atom is -0.508 e. The molecule has 0 saturated heterocycles. The quantitative estimate of drug-likeness (QED) is 0.556. The molecule has 3 aromatic rings. The van der Waals surface area contributed by atoms with Gasteiger partial charge in [0.25, 0.3) is 0 Å². The van der Waals surface area contributed by atoms with Gasteiger partial charge >= 0.3 is 0 Å². The van der Waals surface area contributed by atoms with Crippen molar-refractivity contribution >= 4 is 27.3 Å². The van der Waals surface area contributed by atoms with Gasteiger partial charge in [-0.15, -0.1) is 0 Å². The maximum absolute atomic E-state index is 13.3. The van der Waals surface area contributed by atoms with Gasteiger partial charge in [-0.05, 0) is 67.3 Å². The summed E-state index contributed by atoms with van der Waals surface area (Å²) < 4.78 is 23.9. The predicted octanol–water partition coefficient (Wildman–Crippen LogP) is 3.85. The smallest absolute Gasteiger partial charge is 0.229 e. The third kappa shape index (κ3) is 4.59. The number of hydrogen-bond donors (Lipinski definition) is 2. The zero-order valence-corrected chi connectivity index (χ0v) is 19.9. The Bertz CT molecular complexity index is 1370. The number of aryl methyl sites for hydroxylation is 1. The van der Waals surface area contributed by atoms with E-state index in [0.29, 0.717) is 35.5 Å². The fourth-order valence-corrected chi connectivity index (χ4v) is 5.11. The van der Waals surface area contributed by atoms with E-state index in [0.717, 1.165) is 5.56 Å². The molecule has 0 aliphatic heterocycles. The summed E-state index contributed by atoms with van der Waals surface area (Å²) in [5, 5.41) is 12.6. The van der Waals surface area contributed by atoms with Crippen LogP contribution in [-0.2, 0) is 32.9 Å². The molecule has 1 amide bonds. The van der Waals surface area contributed by atoms with Crippen molar-refractivity contribution in [1.29, 1.82) is 0 Å². The first-order valence-corrected chi connectivity index (χ1v) is 12.7. The van der Waals surface area contributed by atoms with Gasteiger partial charge in [-0.3, -0.25) is 9.59 Å². The molecule has 0 spiro atoms. The van der Waals surface area contributed by atoms with E-state index in [-0.39, 0.29) is 34.5 Å². The number of Topliss-reactive ketones (excluding diaryl/α,β-unsaturated/α-hetero) is 1. The fraction of sp³-hybridized carbons (Fsp3) is 0.269. The lowest BCUT2D eigenvalue weighted by atomic mass is 9.69. The number of nitrogens with zero attached hydrogens (tertiary/aromatic N) is 1. The predicted molar refractivity (Wildman–Crippen MR) is 129 cm³/mol. The lowest BCUT2D eigenvalue weighted by Crippen LogP contribution is -2.37. The number of nitrogens with one attached hydrogen (secondary N) is 1. The number of pyridine rings is 1. The number of hydrogen-bond acceptors (Lipinski definition) is 6. The van der Waals surface area contributed by atoms with Gasteiger partial charge in [-0.1, -0.05) is 31.2 Å². The molecular formula is C26H26N2O5S. The number of anilines is 1. The molecule has 2 N–H and O–H groups in total. The number of rotatable bonds is 6. The third-order valence-electron chi connectivity index (χ3n) is 6.36. The largest absolute Gasteiger partial charge is 0.508 e. The van der Waals surface area contributed by atoms with E-state index in [4.69, 9.17) is 0 Å². The van der Waals surface area contributed by atoms with Crippen molar-refractivity contribution in [1.82, 2.24) is 4.98 Å². The van der Waals surface area contributed by atoms with Crippen LogP contribution < -0.4 is 5.32 Å². The Morgan fingerprint density at radius 1 is 1.12 bits per heavy atom.